The lowest BCUT2D eigenvalue weighted by molar-refractivity contribution is -0.143. The first-order chi connectivity index (χ1) is 10.1. The molecule has 0 aromatic carbocycles. The van der Waals surface area contributed by atoms with Crippen LogP contribution in [0.1, 0.15) is 38.9 Å². The van der Waals surface area contributed by atoms with Gasteiger partial charge in [-0.2, -0.15) is 5.10 Å². The van der Waals surface area contributed by atoms with Gasteiger partial charge in [-0.3, -0.25) is 9.48 Å². The lowest BCUT2D eigenvalue weighted by atomic mass is 10.2. The second-order valence-electron chi connectivity index (χ2n) is 4.88. The molecule has 0 aliphatic heterocycles. The Labute approximate surface area is 128 Å². The van der Waals surface area contributed by atoms with Crippen molar-refractivity contribution in [2.75, 3.05) is 11.9 Å². The molecule has 0 fully saturated rings. The Morgan fingerprint density at radius 2 is 2.33 bits per heavy atom. The maximum atomic E-state index is 11.3. The van der Waals surface area contributed by atoms with Gasteiger partial charge in [0.15, 0.2) is 5.13 Å². The fraction of sp³-hybridized carbons (Fsp3) is 0.500. The molecule has 0 saturated heterocycles. The zero-order chi connectivity index (χ0) is 15.2. The Morgan fingerprint density at radius 3 is 3.00 bits per heavy atom. The minimum Gasteiger partial charge on any atom is -0.466 e. The molecule has 1 N–H and O–H groups in total. The van der Waals surface area contributed by atoms with Crippen molar-refractivity contribution in [1.82, 2.24) is 14.8 Å². The summed E-state index contributed by atoms with van der Waals surface area (Å²) < 4.78 is 6.79. The van der Waals surface area contributed by atoms with Crippen LogP contribution in [0.3, 0.4) is 0 Å². The highest BCUT2D eigenvalue weighted by atomic mass is 32.1. The molecule has 0 atom stereocenters. The number of hydrogen-bond donors (Lipinski definition) is 1. The highest BCUT2D eigenvalue weighted by Gasteiger charge is 2.08. The van der Waals surface area contributed by atoms with Crippen molar-refractivity contribution < 1.29 is 9.53 Å². The number of nitrogens with zero attached hydrogens (tertiary/aromatic N) is 3. The minimum atomic E-state index is -0.182. The van der Waals surface area contributed by atoms with Gasteiger partial charge in [-0.05, 0) is 20.8 Å². The fourth-order valence-electron chi connectivity index (χ4n) is 1.75. The van der Waals surface area contributed by atoms with Gasteiger partial charge in [-0.25, -0.2) is 4.98 Å². The first kappa shape index (κ1) is 15.5. The summed E-state index contributed by atoms with van der Waals surface area (Å²) in [6, 6.07) is 0.331. The molecule has 114 valence electrons. The minimum absolute atomic E-state index is 0.182. The molecule has 0 radical (unpaired) electrons. The molecule has 0 aliphatic rings. The van der Waals surface area contributed by atoms with Gasteiger partial charge in [0, 0.05) is 24.0 Å². The predicted octanol–water partition coefficient (Wildman–Crippen LogP) is 3.16. The van der Waals surface area contributed by atoms with Crippen LogP contribution in [0, 0.1) is 0 Å². The van der Waals surface area contributed by atoms with E-state index in [0.29, 0.717) is 25.5 Å². The van der Waals surface area contributed by atoms with Crippen LogP contribution in [0.5, 0.6) is 0 Å². The number of carbonyl (C=O) groups excluding carboxylic acids is 1. The molecule has 0 unspecified atom stereocenters. The first-order valence-corrected chi connectivity index (χ1v) is 7.87. The van der Waals surface area contributed by atoms with Crippen LogP contribution in [0.15, 0.2) is 17.8 Å². The maximum Gasteiger partial charge on any atom is 0.306 e. The summed E-state index contributed by atoms with van der Waals surface area (Å²) in [7, 11) is 0. The van der Waals surface area contributed by atoms with E-state index >= 15 is 0 Å². The van der Waals surface area contributed by atoms with Crippen molar-refractivity contribution in [3.05, 3.63) is 23.5 Å². The number of nitrogens with one attached hydrogen (secondary N) is 1. The van der Waals surface area contributed by atoms with Crippen LogP contribution in [-0.2, 0) is 16.0 Å². The summed E-state index contributed by atoms with van der Waals surface area (Å²) in [5.74, 6) is -0.182. The van der Waals surface area contributed by atoms with Crippen LogP contribution in [0.2, 0.25) is 0 Å². The third-order valence-corrected chi connectivity index (χ3v) is 3.63. The normalized spacial score (nSPS) is 10.9. The SMILES string of the molecule is CCOC(=O)CCc1csc(Nc2cnn(C(C)C)c2)n1. The van der Waals surface area contributed by atoms with Crippen molar-refractivity contribution in [3.63, 3.8) is 0 Å². The highest BCUT2D eigenvalue weighted by molar-refractivity contribution is 7.13. The van der Waals surface area contributed by atoms with Gasteiger partial charge in [0.2, 0.25) is 0 Å². The average molecular weight is 308 g/mol. The number of ether oxygens (including phenoxy) is 1. The fourth-order valence-corrected chi connectivity index (χ4v) is 2.52. The summed E-state index contributed by atoms with van der Waals surface area (Å²) in [5.41, 5.74) is 1.81. The molecular formula is C14H20N4O2S. The average Bonchev–Trinajstić information content (AvgIpc) is 3.07. The van der Waals surface area contributed by atoms with Gasteiger partial charge in [-0.1, -0.05) is 0 Å². The number of esters is 1. The van der Waals surface area contributed by atoms with Crippen molar-refractivity contribution in [3.8, 4) is 0 Å². The molecule has 2 heterocycles. The van der Waals surface area contributed by atoms with Crippen LogP contribution >= 0.6 is 11.3 Å². The second-order valence-corrected chi connectivity index (χ2v) is 5.73. The Morgan fingerprint density at radius 1 is 1.52 bits per heavy atom. The molecule has 2 aromatic heterocycles. The summed E-state index contributed by atoms with van der Waals surface area (Å²) in [4.78, 5) is 15.8. The Bertz CT molecular complexity index is 591. The monoisotopic (exact) mass is 308 g/mol. The maximum absolute atomic E-state index is 11.3. The number of aryl methyl sites for hydroxylation is 1. The molecule has 7 heteroatoms. The molecular weight excluding hydrogens is 288 g/mol. The number of aromatic nitrogens is 3. The molecule has 2 rings (SSSR count). The van der Waals surface area contributed by atoms with Crippen molar-refractivity contribution >= 4 is 28.1 Å². The molecule has 0 spiro atoms. The number of anilines is 2. The van der Waals surface area contributed by atoms with E-state index in [1.54, 1.807) is 13.1 Å². The topological polar surface area (TPSA) is 69.0 Å². The molecule has 0 saturated carbocycles. The van der Waals surface area contributed by atoms with E-state index in [0.717, 1.165) is 16.5 Å². The number of thiazole rings is 1. The number of hydrogen-bond acceptors (Lipinski definition) is 6. The standard InChI is InChI=1S/C14H20N4O2S/c1-4-20-13(19)6-5-11-9-21-14(16-11)17-12-7-15-18(8-12)10(2)3/h7-10H,4-6H2,1-3H3,(H,16,17). The van der Waals surface area contributed by atoms with Crippen molar-refractivity contribution in [2.24, 2.45) is 0 Å². The molecule has 0 aliphatic carbocycles. The van der Waals surface area contributed by atoms with Gasteiger partial charge in [0.05, 0.1) is 30.6 Å². The summed E-state index contributed by atoms with van der Waals surface area (Å²) in [5, 5.41) is 10.2. The smallest absolute Gasteiger partial charge is 0.306 e. The molecule has 0 bridgehead atoms. The van der Waals surface area contributed by atoms with Gasteiger partial charge < -0.3 is 10.1 Å². The van der Waals surface area contributed by atoms with Crippen LogP contribution < -0.4 is 5.32 Å². The molecule has 0 amide bonds. The highest BCUT2D eigenvalue weighted by Crippen LogP contribution is 2.22. The van der Waals surface area contributed by atoms with E-state index in [-0.39, 0.29) is 5.97 Å². The quantitative estimate of drug-likeness (QED) is 0.796. The summed E-state index contributed by atoms with van der Waals surface area (Å²) >= 11 is 1.52. The Hall–Kier alpha value is -1.89. The molecule has 21 heavy (non-hydrogen) atoms. The van der Waals surface area contributed by atoms with Gasteiger partial charge in [-0.15, -0.1) is 11.3 Å². The Balaban J connectivity index is 1.89. The second kappa shape index (κ2) is 7.21. The van der Waals surface area contributed by atoms with Crippen molar-refractivity contribution in [1.29, 1.82) is 0 Å². The van der Waals surface area contributed by atoms with Gasteiger partial charge in [0.1, 0.15) is 0 Å². The number of rotatable bonds is 7. The lowest BCUT2D eigenvalue weighted by Crippen LogP contribution is -2.05. The van der Waals surface area contributed by atoms with Gasteiger partial charge in [0.25, 0.3) is 0 Å². The Kier molecular flexibility index (Phi) is 5.32. The van der Waals surface area contributed by atoms with E-state index in [9.17, 15) is 4.79 Å². The van der Waals surface area contributed by atoms with Crippen LogP contribution in [-0.4, -0.2) is 27.3 Å². The van der Waals surface area contributed by atoms with Crippen molar-refractivity contribution in [2.45, 2.75) is 39.7 Å². The van der Waals surface area contributed by atoms with Crippen LogP contribution in [0.4, 0.5) is 10.8 Å². The zero-order valence-corrected chi connectivity index (χ0v) is 13.3. The summed E-state index contributed by atoms with van der Waals surface area (Å²) in [6.07, 6.45) is 4.69. The summed E-state index contributed by atoms with van der Waals surface area (Å²) in [6.45, 7) is 6.38. The first-order valence-electron chi connectivity index (χ1n) is 6.99. The molecule has 6 nitrogen and oxygen atoms in total. The predicted molar refractivity (Wildman–Crippen MR) is 83.0 cm³/mol. The zero-order valence-electron chi connectivity index (χ0n) is 12.5. The molecule has 2 aromatic rings. The third kappa shape index (κ3) is 4.56. The largest absolute Gasteiger partial charge is 0.466 e. The van der Waals surface area contributed by atoms with Gasteiger partial charge >= 0.3 is 5.97 Å². The van der Waals surface area contributed by atoms with E-state index in [4.69, 9.17) is 4.74 Å². The van der Waals surface area contributed by atoms with E-state index in [1.807, 2.05) is 16.3 Å². The third-order valence-electron chi connectivity index (χ3n) is 2.82. The van der Waals surface area contributed by atoms with E-state index in [1.165, 1.54) is 11.3 Å². The number of carbonyl (C=O) groups is 1. The lowest BCUT2D eigenvalue weighted by Gasteiger charge is -2.03. The van der Waals surface area contributed by atoms with E-state index in [2.05, 4.69) is 29.2 Å². The van der Waals surface area contributed by atoms with Crippen LogP contribution in [0.25, 0.3) is 0 Å². The van der Waals surface area contributed by atoms with E-state index < -0.39 is 0 Å².